The number of fused-ring (bicyclic) bond motifs is 2. The smallest absolute Gasteiger partial charge is 0.275 e. The molecule has 0 N–H and O–H groups in total. The SMILES string of the molecule is CCn1nc(C(=O)N2CCN(c3ccnc4ccoc34)CC2)c2ccccc2c1=O. The lowest BCUT2D eigenvalue weighted by molar-refractivity contribution is 0.0740. The van der Waals surface area contributed by atoms with Crippen molar-refractivity contribution in [2.24, 2.45) is 0 Å². The molecule has 152 valence electrons. The van der Waals surface area contributed by atoms with Crippen molar-refractivity contribution in [3.8, 4) is 0 Å². The number of hydrogen-bond donors (Lipinski definition) is 0. The molecule has 30 heavy (non-hydrogen) atoms. The van der Waals surface area contributed by atoms with Crippen molar-refractivity contribution >= 4 is 33.5 Å². The van der Waals surface area contributed by atoms with Gasteiger partial charge in [0.2, 0.25) is 0 Å². The van der Waals surface area contributed by atoms with Gasteiger partial charge in [-0.25, -0.2) is 4.68 Å². The lowest BCUT2D eigenvalue weighted by Gasteiger charge is -2.36. The number of rotatable bonds is 3. The van der Waals surface area contributed by atoms with Crippen molar-refractivity contribution in [1.29, 1.82) is 0 Å². The van der Waals surface area contributed by atoms with Crippen LogP contribution in [0.4, 0.5) is 5.69 Å². The van der Waals surface area contributed by atoms with E-state index in [4.69, 9.17) is 4.42 Å². The summed E-state index contributed by atoms with van der Waals surface area (Å²) in [5.74, 6) is -0.147. The summed E-state index contributed by atoms with van der Waals surface area (Å²) in [6.45, 7) is 4.74. The Labute approximate surface area is 172 Å². The van der Waals surface area contributed by atoms with Gasteiger partial charge in [0.1, 0.15) is 5.52 Å². The van der Waals surface area contributed by atoms with Gasteiger partial charge in [-0.15, -0.1) is 0 Å². The molecule has 3 aromatic heterocycles. The van der Waals surface area contributed by atoms with E-state index in [0.717, 1.165) is 16.8 Å². The summed E-state index contributed by atoms with van der Waals surface area (Å²) >= 11 is 0. The molecule has 1 fully saturated rings. The molecule has 4 aromatic rings. The number of benzene rings is 1. The van der Waals surface area contributed by atoms with Crippen LogP contribution in [0.2, 0.25) is 0 Å². The molecule has 5 rings (SSSR count). The molecule has 0 saturated carbocycles. The van der Waals surface area contributed by atoms with Crippen LogP contribution in [0.3, 0.4) is 0 Å². The quantitative estimate of drug-likeness (QED) is 0.523. The number of hydrogen-bond acceptors (Lipinski definition) is 6. The fourth-order valence-electron chi connectivity index (χ4n) is 4.02. The number of furan rings is 1. The number of carbonyl (C=O) groups is 1. The highest BCUT2D eigenvalue weighted by Crippen LogP contribution is 2.27. The zero-order chi connectivity index (χ0) is 20.7. The first-order valence-electron chi connectivity index (χ1n) is 10.0. The third-order valence-corrected chi connectivity index (χ3v) is 5.60. The van der Waals surface area contributed by atoms with Crippen LogP contribution in [-0.2, 0) is 6.54 Å². The molecule has 0 atom stereocenters. The molecule has 1 amide bonds. The minimum atomic E-state index is -0.172. The monoisotopic (exact) mass is 403 g/mol. The number of aromatic nitrogens is 3. The van der Waals surface area contributed by atoms with Gasteiger partial charge in [-0.05, 0) is 19.1 Å². The van der Waals surface area contributed by atoms with Gasteiger partial charge in [-0.1, -0.05) is 18.2 Å². The summed E-state index contributed by atoms with van der Waals surface area (Å²) in [4.78, 5) is 34.2. The van der Waals surface area contributed by atoms with Crippen molar-refractivity contribution in [2.75, 3.05) is 31.1 Å². The zero-order valence-corrected chi connectivity index (χ0v) is 16.6. The molecule has 0 unspecified atom stereocenters. The van der Waals surface area contributed by atoms with E-state index in [2.05, 4.69) is 15.0 Å². The maximum Gasteiger partial charge on any atom is 0.275 e. The summed E-state index contributed by atoms with van der Waals surface area (Å²) in [5, 5.41) is 5.51. The number of amides is 1. The molecule has 1 aliphatic rings. The van der Waals surface area contributed by atoms with Crippen LogP contribution in [0, 0.1) is 0 Å². The number of anilines is 1. The van der Waals surface area contributed by atoms with Crippen LogP contribution in [0.25, 0.3) is 21.9 Å². The number of nitrogens with zero attached hydrogens (tertiary/aromatic N) is 5. The highest BCUT2D eigenvalue weighted by atomic mass is 16.3. The van der Waals surface area contributed by atoms with E-state index in [9.17, 15) is 9.59 Å². The van der Waals surface area contributed by atoms with E-state index < -0.39 is 0 Å². The standard InChI is InChI=1S/C22H21N5O3/c1-2-27-21(28)16-6-4-3-5-15(16)19(24-27)22(29)26-12-10-25(11-13-26)18-7-9-23-17-8-14-30-20(17)18/h3-9,14H,2,10-13H2,1H3. The Hall–Kier alpha value is -3.68. The van der Waals surface area contributed by atoms with Gasteiger partial charge in [0, 0.05) is 50.4 Å². The molecular weight excluding hydrogens is 382 g/mol. The van der Waals surface area contributed by atoms with E-state index >= 15 is 0 Å². The highest BCUT2D eigenvalue weighted by Gasteiger charge is 2.26. The van der Waals surface area contributed by atoms with Gasteiger partial charge in [-0.2, -0.15) is 5.10 Å². The fraction of sp³-hybridized carbons (Fsp3) is 0.273. The van der Waals surface area contributed by atoms with Crippen LogP contribution in [0.1, 0.15) is 17.4 Å². The molecule has 0 aliphatic carbocycles. The topological polar surface area (TPSA) is 84.5 Å². The van der Waals surface area contributed by atoms with Gasteiger partial charge in [0.05, 0.1) is 17.3 Å². The predicted octanol–water partition coefficient (Wildman–Crippen LogP) is 2.52. The molecule has 4 heterocycles. The summed E-state index contributed by atoms with van der Waals surface area (Å²) in [5.41, 5.74) is 2.73. The first kappa shape index (κ1) is 18.4. The second-order valence-electron chi connectivity index (χ2n) is 7.26. The maximum atomic E-state index is 13.3. The molecule has 8 heteroatoms. The number of carbonyl (C=O) groups excluding carboxylic acids is 1. The minimum Gasteiger partial charge on any atom is -0.460 e. The lowest BCUT2D eigenvalue weighted by Crippen LogP contribution is -2.49. The van der Waals surface area contributed by atoms with Crippen LogP contribution < -0.4 is 10.5 Å². The number of pyridine rings is 1. The van der Waals surface area contributed by atoms with Gasteiger partial charge < -0.3 is 14.2 Å². The summed E-state index contributed by atoms with van der Waals surface area (Å²) in [6.07, 6.45) is 3.41. The second-order valence-corrected chi connectivity index (χ2v) is 7.26. The Bertz CT molecular complexity index is 1300. The third kappa shape index (κ3) is 2.92. The Morgan fingerprint density at radius 3 is 2.60 bits per heavy atom. The molecule has 0 radical (unpaired) electrons. The average Bonchev–Trinajstić information content (AvgIpc) is 3.28. The molecule has 8 nitrogen and oxygen atoms in total. The second kappa shape index (κ2) is 7.29. The van der Waals surface area contributed by atoms with Crippen molar-refractivity contribution < 1.29 is 9.21 Å². The Morgan fingerprint density at radius 1 is 1.07 bits per heavy atom. The summed E-state index contributed by atoms with van der Waals surface area (Å²) < 4.78 is 6.96. The summed E-state index contributed by atoms with van der Waals surface area (Å²) in [6, 6.07) is 11.0. The van der Waals surface area contributed by atoms with E-state index in [1.807, 2.05) is 25.1 Å². The molecule has 0 spiro atoms. The molecule has 0 bridgehead atoms. The number of aryl methyl sites for hydroxylation is 1. The van der Waals surface area contributed by atoms with E-state index in [1.54, 1.807) is 35.6 Å². The van der Waals surface area contributed by atoms with Gasteiger partial charge >= 0.3 is 0 Å². The summed E-state index contributed by atoms with van der Waals surface area (Å²) in [7, 11) is 0. The Balaban J connectivity index is 1.42. The first-order chi connectivity index (χ1) is 14.7. The molecule has 1 aliphatic heterocycles. The van der Waals surface area contributed by atoms with Crippen molar-refractivity contribution in [2.45, 2.75) is 13.5 Å². The Kier molecular flexibility index (Phi) is 4.46. The van der Waals surface area contributed by atoms with Crippen molar-refractivity contribution in [1.82, 2.24) is 19.7 Å². The first-order valence-corrected chi connectivity index (χ1v) is 10.0. The lowest BCUT2D eigenvalue weighted by atomic mass is 10.1. The maximum absolute atomic E-state index is 13.3. The molecular formula is C22H21N5O3. The molecule has 1 saturated heterocycles. The zero-order valence-electron chi connectivity index (χ0n) is 16.6. The van der Waals surface area contributed by atoms with Crippen molar-refractivity contribution in [3.05, 3.63) is 64.9 Å². The fourth-order valence-corrected chi connectivity index (χ4v) is 4.02. The van der Waals surface area contributed by atoms with Crippen molar-refractivity contribution in [3.63, 3.8) is 0 Å². The minimum absolute atomic E-state index is 0.147. The molecule has 1 aromatic carbocycles. The Morgan fingerprint density at radius 2 is 1.83 bits per heavy atom. The average molecular weight is 403 g/mol. The van der Waals surface area contributed by atoms with Crippen LogP contribution in [-0.4, -0.2) is 51.8 Å². The van der Waals surface area contributed by atoms with E-state index in [1.165, 1.54) is 4.68 Å². The number of piperazine rings is 1. The van der Waals surface area contributed by atoms with Gasteiger partial charge in [0.25, 0.3) is 11.5 Å². The highest BCUT2D eigenvalue weighted by molar-refractivity contribution is 6.04. The van der Waals surface area contributed by atoms with Crippen LogP contribution in [0.5, 0.6) is 0 Å². The van der Waals surface area contributed by atoms with E-state index in [-0.39, 0.29) is 11.5 Å². The van der Waals surface area contributed by atoms with Gasteiger partial charge in [0.15, 0.2) is 11.3 Å². The third-order valence-electron chi connectivity index (χ3n) is 5.60. The van der Waals surface area contributed by atoms with E-state index in [0.29, 0.717) is 49.2 Å². The van der Waals surface area contributed by atoms with Crippen LogP contribution >= 0.6 is 0 Å². The normalized spacial score (nSPS) is 14.6. The van der Waals surface area contributed by atoms with Gasteiger partial charge in [-0.3, -0.25) is 14.6 Å². The van der Waals surface area contributed by atoms with Crippen LogP contribution in [0.15, 0.2) is 58.1 Å². The largest absolute Gasteiger partial charge is 0.460 e. The predicted molar refractivity (Wildman–Crippen MR) is 114 cm³/mol.